The zero-order valence-electron chi connectivity index (χ0n) is 25.0. The maximum absolute atomic E-state index is 10.5. The molecule has 4 heterocycles. The first-order valence-corrected chi connectivity index (χ1v) is 15.0. The van der Waals surface area contributed by atoms with Gasteiger partial charge in [-0.3, -0.25) is 0 Å². The van der Waals surface area contributed by atoms with Crippen LogP contribution in [0.3, 0.4) is 0 Å². The lowest BCUT2D eigenvalue weighted by atomic mass is 10.0. The fraction of sp³-hybridized carbons (Fsp3) is 0.452. The molecule has 0 spiro atoms. The van der Waals surface area contributed by atoms with Crippen molar-refractivity contribution in [1.29, 1.82) is 0 Å². The molecule has 9 nitrogen and oxygen atoms in total. The summed E-state index contributed by atoms with van der Waals surface area (Å²) in [7, 11) is 6.03. The van der Waals surface area contributed by atoms with Crippen molar-refractivity contribution in [2.24, 2.45) is 0 Å². The van der Waals surface area contributed by atoms with Crippen molar-refractivity contribution in [2.75, 3.05) is 49.8 Å². The standard InChI is InChI=1S/C31H41N7O2S/c1-19(2)22-18-41-29-27(22)28(34-26-10-8-9-25(33-26)31(3,4)39)35-30(36-29)32-20-11-12-23(24(17-20)40-7)38-15-13-21(14-16-38)37(5)6/h8-12,17-19,21,39H,13-16H2,1-7H3,(H2,32,33,34,35,36). The third-order valence-corrected chi connectivity index (χ3v) is 8.57. The number of piperidine rings is 1. The molecule has 5 rings (SSSR count). The first-order chi connectivity index (χ1) is 19.5. The highest BCUT2D eigenvalue weighted by atomic mass is 32.1. The van der Waals surface area contributed by atoms with Gasteiger partial charge in [0.1, 0.15) is 27.8 Å². The molecule has 0 bridgehead atoms. The summed E-state index contributed by atoms with van der Waals surface area (Å²) in [5.41, 5.74) is 2.67. The third kappa shape index (κ3) is 6.39. The molecule has 1 aliphatic heterocycles. The Kier molecular flexibility index (Phi) is 8.35. The number of ether oxygens (including phenoxy) is 1. The monoisotopic (exact) mass is 575 g/mol. The van der Waals surface area contributed by atoms with E-state index < -0.39 is 5.60 Å². The van der Waals surface area contributed by atoms with Gasteiger partial charge in [0.15, 0.2) is 0 Å². The Morgan fingerprint density at radius 1 is 1.07 bits per heavy atom. The molecule has 4 aromatic rings. The van der Waals surface area contributed by atoms with E-state index in [9.17, 15) is 5.11 Å². The molecular weight excluding hydrogens is 534 g/mol. The molecule has 218 valence electrons. The fourth-order valence-electron chi connectivity index (χ4n) is 5.27. The summed E-state index contributed by atoms with van der Waals surface area (Å²) in [6, 6.07) is 12.4. The summed E-state index contributed by atoms with van der Waals surface area (Å²) in [5.74, 6) is 2.90. The summed E-state index contributed by atoms with van der Waals surface area (Å²) in [6.07, 6.45) is 2.26. The minimum Gasteiger partial charge on any atom is -0.495 e. The molecule has 3 N–H and O–H groups in total. The minimum atomic E-state index is -1.05. The van der Waals surface area contributed by atoms with E-state index >= 15 is 0 Å². The van der Waals surface area contributed by atoms with E-state index in [1.54, 1.807) is 32.3 Å². The molecule has 0 unspecified atom stereocenters. The van der Waals surface area contributed by atoms with E-state index in [2.05, 4.69) is 70.9 Å². The summed E-state index contributed by atoms with van der Waals surface area (Å²) in [4.78, 5) is 20.0. The highest BCUT2D eigenvalue weighted by molar-refractivity contribution is 7.17. The molecule has 0 amide bonds. The van der Waals surface area contributed by atoms with E-state index in [4.69, 9.17) is 14.7 Å². The largest absolute Gasteiger partial charge is 0.495 e. The van der Waals surface area contributed by atoms with Gasteiger partial charge in [0.05, 0.1) is 23.9 Å². The van der Waals surface area contributed by atoms with Crippen molar-refractivity contribution in [3.05, 3.63) is 53.0 Å². The molecule has 1 fully saturated rings. The average Bonchev–Trinajstić information content (AvgIpc) is 3.37. The summed E-state index contributed by atoms with van der Waals surface area (Å²) < 4.78 is 5.82. The van der Waals surface area contributed by atoms with E-state index in [1.165, 1.54) is 5.56 Å². The van der Waals surface area contributed by atoms with Gasteiger partial charge in [0, 0.05) is 30.9 Å². The number of aromatic nitrogens is 3. The zero-order chi connectivity index (χ0) is 29.3. The number of nitrogens with zero attached hydrogens (tertiary/aromatic N) is 5. The Bertz CT molecular complexity index is 1500. The molecular formula is C31H41N7O2S. The van der Waals surface area contributed by atoms with Crippen molar-refractivity contribution in [3.8, 4) is 5.75 Å². The number of rotatable bonds is 9. The SMILES string of the molecule is COc1cc(Nc2nc(Nc3cccc(C(C)(C)O)n3)c3c(C(C)C)csc3n2)ccc1N1CCC(N(C)C)CC1. The van der Waals surface area contributed by atoms with E-state index in [0.29, 0.717) is 35.2 Å². The maximum atomic E-state index is 10.5. The van der Waals surface area contributed by atoms with Crippen molar-refractivity contribution in [3.63, 3.8) is 0 Å². The number of aliphatic hydroxyl groups is 1. The predicted molar refractivity (Wildman–Crippen MR) is 169 cm³/mol. The lowest BCUT2D eigenvalue weighted by Gasteiger charge is -2.37. The maximum Gasteiger partial charge on any atom is 0.230 e. The number of hydrogen-bond acceptors (Lipinski definition) is 10. The van der Waals surface area contributed by atoms with Gasteiger partial charge in [0.2, 0.25) is 5.95 Å². The Morgan fingerprint density at radius 2 is 1.83 bits per heavy atom. The van der Waals surface area contributed by atoms with Crippen LogP contribution in [0, 0.1) is 0 Å². The topological polar surface area (TPSA) is 98.7 Å². The van der Waals surface area contributed by atoms with Crippen LogP contribution in [-0.4, -0.2) is 65.3 Å². The number of methoxy groups -OCH3 is 1. The molecule has 1 saturated heterocycles. The predicted octanol–water partition coefficient (Wildman–Crippen LogP) is 6.46. The average molecular weight is 576 g/mol. The summed E-state index contributed by atoms with van der Waals surface area (Å²) in [5, 5.41) is 20.4. The Hall–Kier alpha value is -3.47. The molecule has 1 aliphatic rings. The molecule has 0 radical (unpaired) electrons. The number of hydrogen-bond donors (Lipinski definition) is 3. The number of anilines is 5. The third-order valence-electron chi connectivity index (χ3n) is 7.68. The van der Waals surface area contributed by atoms with Gasteiger partial charge in [-0.1, -0.05) is 19.9 Å². The van der Waals surface area contributed by atoms with Gasteiger partial charge in [0.25, 0.3) is 0 Å². The van der Waals surface area contributed by atoms with E-state index in [1.807, 2.05) is 24.3 Å². The van der Waals surface area contributed by atoms with Crippen LogP contribution in [0.4, 0.5) is 29.0 Å². The second-order valence-corrected chi connectivity index (χ2v) is 12.6. The van der Waals surface area contributed by atoms with Crippen LogP contribution >= 0.6 is 11.3 Å². The van der Waals surface area contributed by atoms with Gasteiger partial charge >= 0.3 is 0 Å². The van der Waals surface area contributed by atoms with Crippen molar-refractivity contribution >= 4 is 50.5 Å². The van der Waals surface area contributed by atoms with Gasteiger partial charge in [-0.25, -0.2) is 9.97 Å². The van der Waals surface area contributed by atoms with Crippen LogP contribution in [0.5, 0.6) is 5.75 Å². The fourth-order valence-corrected chi connectivity index (χ4v) is 6.37. The summed E-state index contributed by atoms with van der Waals surface area (Å²) >= 11 is 1.60. The van der Waals surface area contributed by atoms with E-state index in [0.717, 1.165) is 53.3 Å². The van der Waals surface area contributed by atoms with Gasteiger partial charge in [-0.2, -0.15) is 4.98 Å². The van der Waals surface area contributed by atoms with Crippen LogP contribution in [0.15, 0.2) is 41.8 Å². The smallest absolute Gasteiger partial charge is 0.230 e. The van der Waals surface area contributed by atoms with Crippen LogP contribution < -0.4 is 20.3 Å². The van der Waals surface area contributed by atoms with Crippen LogP contribution in [0.2, 0.25) is 0 Å². The van der Waals surface area contributed by atoms with Gasteiger partial charge in [-0.15, -0.1) is 11.3 Å². The number of benzene rings is 1. The normalized spacial score (nSPS) is 14.7. The van der Waals surface area contributed by atoms with Crippen molar-refractivity contribution < 1.29 is 9.84 Å². The molecule has 0 aliphatic carbocycles. The quantitative estimate of drug-likeness (QED) is 0.208. The van der Waals surface area contributed by atoms with Crippen molar-refractivity contribution in [1.82, 2.24) is 19.9 Å². The van der Waals surface area contributed by atoms with E-state index in [-0.39, 0.29) is 0 Å². The molecule has 3 aromatic heterocycles. The summed E-state index contributed by atoms with van der Waals surface area (Å²) in [6.45, 7) is 9.79. The van der Waals surface area contributed by atoms with Crippen LogP contribution in [-0.2, 0) is 5.60 Å². The lowest BCUT2D eigenvalue weighted by Crippen LogP contribution is -2.42. The Morgan fingerprint density at radius 3 is 2.49 bits per heavy atom. The molecule has 1 aromatic carbocycles. The second-order valence-electron chi connectivity index (χ2n) is 11.7. The number of fused-ring (bicyclic) bond motifs is 1. The number of nitrogens with one attached hydrogen (secondary N) is 2. The molecule has 41 heavy (non-hydrogen) atoms. The number of pyridine rings is 1. The lowest BCUT2D eigenvalue weighted by molar-refractivity contribution is 0.0740. The van der Waals surface area contributed by atoms with Crippen molar-refractivity contribution in [2.45, 2.75) is 58.1 Å². The Balaban J connectivity index is 1.45. The second kappa shape index (κ2) is 11.8. The highest BCUT2D eigenvalue weighted by Gasteiger charge is 2.24. The Labute approximate surface area is 246 Å². The number of thiophene rings is 1. The van der Waals surface area contributed by atoms with Crippen LogP contribution in [0.1, 0.15) is 57.7 Å². The minimum absolute atomic E-state index is 0.307. The zero-order valence-corrected chi connectivity index (χ0v) is 25.8. The molecule has 0 atom stereocenters. The van der Waals surface area contributed by atoms with Crippen LogP contribution in [0.25, 0.3) is 10.2 Å². The molecule has 0 saturated carbocycles. The molecule has 10 heteroatoms. The van der Waals surface area contributed by atoms with Gasteiger partial charge in [-0.05, 0) is 81.9 Å². The first-order valence-electron chi connectivity index (χ1n) is 14.2. The van der Waals surface area contributed by atoms with Gasteiger partial charge < -0.3 is 30.3 Å². The highest BCUT2D eigenvalue weighted by Crippen LogP contribution is 2.38. The first kappa shape index (κ1) is 29.0.